The van der Waals surface area contributed by atoms with Crippen molar-refractivity contribution >= 4 is 29.1 Å². The molecular weight excluding hydrogens is 375 g/mol. The first-order valence-corrected chi connectivity index (χ1v) is 8.56. The summed E-state index contributed by atoms with van der Waals surface area (Å²) >= 11 is 11.9. The van der Waals surface area contributed by atoms with Crippen molar-refractivity contribution in [2.24, 2.45) is 7.05 Å². The van der Waals surface area contributed by atoms with Crippen LogP contribution < -0.4 is 10.1 Å². The van der Waals surface area contributed by atoms with Gasteiger partial charge in [0.05, 0.1) is 16.9 Å². The number of rotatable bonds is 6. The van der Waals surface area contributed by atoms with Gasteiger partial charge in [-0.25, -0.2) is 0 Å². The third kappa shape index (κ3) is 4.53. The highest BCUT2D eigenvalue weighted by atomic mass is 35.5. The first-order valence-electron chi connectivity index (χ1n) is 7.80. The molecule has 0 fully saturated rings. The van der Waals surface area contributed by atoms with Crippen LogP contribution in [0.3, 0.4) is 0 Å². The molecule has 0 spiro atoms. The molecule has 0 aliphatic rings. The number of aromatic nitrogens is 3. The summed E-state index contributed by atoms with van der Waals surface area (Å²) in [6, 6.07) is 8.57. The van der Waals surface area contributed by atoms with Crippen LogP contribution in [0, 0.1) is 0 Å². The fraction of sp³-hybridized carbons (Fsp3) is 0.167. The lowest BCUT2D eigenvalue weighted by Gasteiger charge is -2.10. The number of carbonyl (C=O) groups is 1. The molecular formula is C18H16Cl2N4O2. The lowest BCUT2D eigenvalue weighted by atomic mass is 10.1. The lowest BCUT2D eigenvalue weighted by molar-refractivity contribution is -0.123. The van der Waals surface area contributed by atoms with Crippen LogP contribution >= 0.6 is 23.2 Å². The van der Waals surface area contributed by atoms with Gasteiger partial charge in [-0.3, -0.25) is 14.5 Å². The standard InChI is InChI=1S/C18H16Cl2N4O2/c1-24-10-13(9-23-24)18-12(3-2-6-21-18)8-22-17(25)11-26-16-5-4-14(19)7-15(16)20/h2-7,9-10H,8,11H2,1H3,(H,22,25). The Hall–Kier alpha value is -2.57. The van der Waals surface area contributed by atoms with Crippen molar-refractivity contribution in [1.29, 1.82) is 0 Å². The highest BCUT2D eigenvalue weighted by molar-refractivity contribution is 6.35. The molecule has 26 heavy (non-hydrogen) atoms. The molecule has 3 rings (SSSR count). The molecule has 0 unspecified atom stereocenters. The fourth-order valence-corrected chi connectivity index (χ4v) is 2.83. The Morgan fingerprint density at radius 2 is 2.15 bits per heavy atom. The second-order valence-corrected chi connectivity index (χ2v) is 6.40. The average Bonchev–Trinajstić information content (AvgIpc) is 3.05. The van der Waals surface area contributed by atoms with Crippen LogP contribution in [0.15, 0.2) is 48.9 Å². The first kappa shape index (κ1) is 18.2. The van der Waals surface area contributed by atoms with Crippen molar-refractivity contribution in [3.05, 3.63) is 64.5 Å². The van der Waals surface area contributed by atoms with E-state index in [2.05, 4.69) is 15.4 Å². The highest BCUT2D eigenvalue weighted by Crippen LogP contribution is 2.27. The molecule has 2 heterocycles. The van der Waals surface area contributed by atoms with Gasteiger partial charge in [-0.15, -0.1) is 0 Å². The van der Waals surface area contributed by atoms with Crippen LogP contribution in [-0.4, -0.2) is 27.3 Å². The molecule has 8 heteroatoms. The van der Waals surface area contributed by atoms with Gasteiger partial charge in [0, 0.05) is 36.6 Å². The zero-order valence-corrected chi connectivity index (χ0v) is 15.5. The Labute approximate surface area is 160 Å². The van der Waals surface area contributed by atoms with Crippen molar-refractivity contribution in [1.82, 2.24) is 20.1 Å². The van der Waals surface area contributed by atoms with Gasteiger partial charge >= 0.3 is 0 Å². The molecule has 6 nitrogen and oxygen atoms in total. The Balaban J connectivity index is 1.60. The van der Waals surface area contributed by atoms with E-state index < -0.39 is 0 Å². The maximum atomic E-state index is 12.1. The average molecular weight is 391 g/mol. The number of hydrogen-bond donors (Lipinski definition) is 1. The number of pyridine rings is 1. The molecule has 3 aromatic rings. The molecule has 0 bridgehead atoms. The molecule has 1 amide bonds. The van der Waals surface area contributed by atoms with Gasteiger partial charge in [-0.1, -0.05) is 29.3 Å². The minimum Gasteiger partial charge on any atom is -0.482 e. The third-order valence-electron chi connectivity index (χ3n) is 3.60. The topological polar surface area (TPSA) is 69.0 Å². The maximum Gasteiger partial charge on any atom is 0.258 e. The number of nitrogens with zero attached hydrogens (tertiary/aromatic N) is 3. The fourth-order valence-electron chi connectivity index (χ4n) is 2.37. The summed E-state index contributed by atoms with van der Waals surface area (Å²) in [7, 11) is 1.84. The molecule has 0 radical (unpaired) electrons. The number of hydrogen-bond acceptors (Lipinski definition) is 4. The van der Waals surface area contributed by atoms with Crippen LogP contribution in [0.1, 0.15) is 5.56 Å². The predicted molar refractivity (Wildman–Crippen MR) is 100 cm³/mol. The monoisotopic (exact) mass is 390 g/mol. The summed E-state index contributed by atoms with van der Waals surface area (Å²) in [6.45, 7) is 0.179. The minimum absolute atomic E-state index is 0.149. The lowest BCUT2D eigenvalue weighted by Crippen LogP contribution is -2.28. The number of benzene rings is 1. The van der Waals surface area contributed by atoms with Crippen molar-refractivity contribution in [3.8, 4) is 17.0 Å². The number of halogens is 2. The van der Waals surface area contributed by atoms with E-state index in [1.165, 1.54) is 0 Å². The Morgan fingerprint density at radius 3 is 2.88 bits per heavy atom. The Bertz CT molecular complexity index is 927. The normalized spacial score (nSPS) is 10.6. The van der Waals surface area contributed by atoms with Gasteiger partial charge in [0.15, 0.2) is 6.61 Å². The van der Waals surface area contributed by atoms with Crippen LogP contribution in [0.2, 0.25) is 10.0 Å². The van der Waals surface area contributed by atoms with Gasteiger partial charge in [0.2, 0.25) is 0 Å². The van der Waals surface area contributed by atoms with Crippen molar-refractivity contribution in [2.75, 3.05) is 6.61 Å². The maximum absolute atomic E-state index is 12.1. The number of amides is 1. The van der Waals surface area contributed by atoms with Gasteiger partial charge in [-0.2, -0.15) is 5.10 Å². The number of nitrogens with one attached hydrogen (secondary N) is 1. The van der Waals surface area contributed by atoms with E-state index in [1.807, 2.05) is 25.4 Å². The van der Waals surface area contributed by atoms with Gasteiger partial charge < -0.3 is 10.1 Å². The van der Waals surface area contributed by atoms with E-state index in [0.29, 0.717) is 22.3 Å². The molecule has 2 aromatic heterocycles. The zero-order valence-electron chi connectivity index (χ0n) is 13.9. The van der Waals surface area contributed by atoms with Gasteiger partial charge in [-0.05, 0) is 29.8 Å². The van der Waals surface area contributed by atoms with E-state index in [4.69, 9.17) is 27.9 Å². The first-order chi connectivity index (χ1) is 12.5. The molecule has 0 aliphatic heterocycles. The summed E-state index contributed by atoms with van der Waals surface area (Å²) in [5.41, 5.74) is 2.56. The Kier molecular flexibility index (Phi) is 5.75. The predicted octanol–water partition coefficient (Wildman–Crippen LogP) is 3.48. The molecule has 0 aliphatic carbocycles. The highest BCUT2D eigenvalue weighted by Gasteiger charge is 2.11. The third-order valence-corrected chi connectivity index (χ3v) is 4.13. The van der Waals surface area contributed by atoms with Crippen LogP contribution in [-0.2, 0) is 18.4 Å². The molecule has 1 aromatic carbocycles. The Morgan fingerprint density at radius 1 is 1.31 bits per heavy atom. The largest absolute Gasteiger partial charge is 0.482 e. The quantitative estimate of drug-likeness (QED) is 0.699. The van der Waals surface area contributed by atoms with E-state index in [1.54, 1.807) is 35.3 Å². The molecule has 0 saturated carbocycles. The summed E-state index contributed by atoms with van der Waals surface area (Å²) in [4.78, 5) is 16.5. The summed E-state index contributed by atoms with van der Waals surface area (Å²) in [5.74, 6) is 0.139. The second kappa shape index (κ2) is 8.21. The summed E-state index contributed by atoms with van der Waals surface area (Å²) in [5, 5.41) is 7.83. The molecule has 134 valence electrons. The van der Waals surface area contributed by atoms with E-state index in [0.717, 1.165) is 16.8 Å². The van der Waals surface area contributed by atoms with E-state index in [9.17, 15) is 4.79 Å². The molecule has 1 N–H and O–H groups in total. The van der Waals surface area contributed by atoms with Gasteiger partial charge in [0.1, 0.15) is 5.75 Å². The van der Waals surface area contributed by atoms with Crippen molar-refractivity contribution in [3.63, 3.8) is 0 Å². The van der Waals surface area contributed by atoms with Crippen molar-refractivity contribution < 1.29 is 9.53 Å². The number of aryl methyl sites for hydroxylation is 1. The minimum atomic E-state index is -0.267. The number of ether oxygens (including phenoxy) is 1. The summed E-state index contributed by atoms with van der Waals surface area (Å²) < 4.78 is 7.13. The summed E-state index contributed by atoms with van der Waals surface area (Å²) in [6.07, 6.45) is 5.32. The molecule has 0 saturated heterocycles. The SMILES string of the molecule is Cn1cc(-c2ncccc2CNC(=O)COc2ccc(Cl)cc2Cl)cn1. The van der Waals surface area contributed by atoms with Crippen LogP contribution in [0.4, 0.5) is 0 Å². The van der Waals surface area contributed by atoms with Crippen LogP contribution in [0.25, 0.3) is 11.3 Å². The molecule has 0 atom stereocenters. The van der Waals surface area contributed by atoms with Gasteiger partial charge in [0.25, 0.3) is 5.91 Å². The second-order valence-electron chi connectivity index (χ2n) is 5.55. The van der Waals surface area contributed by atoms with E-state index in [-0.39, 0.29) is 12.5 Å². The zero-order chi connectivity index (χ0) is 18.5. The van der Waals surface area contributed by atoms with Crippen molar-refractivity contribution in [2.45, 2.75) is 6.54 Å². The number of carbonyl (C=O) groups excluding carboxylic acids is 1. The van der Waals surface area contributed by atoms with E-state index >= 15 is 0 Å². The smallest absolute Gasteiger partial charge is 0.258 e. The van der Waals surface area contributed by atoms with Crippen LogP contribution in [0.5, 0.6) is 5.75 Å².